The number of nitro groups is 1. The van der Waals surface area contributed by atoms with Crippen LogP contribution in [-0.4, -0.2) is 29.9 Å². The SMILES string of the molecule is CCNC(=S)N/N=C\c1cc(I)c(OCc2ccc([N+](=O)[O-])cc2)c(OC)c1. The molecule has 0 unspecified atom stereocenters. The number of hydrogen-bond acceptors (Lipinski definition) is 6. The molecule has 0 aliphatic heterocycles. The van der Waals surface area contributed by atoms with Gasteiger partial charge in [0.25, 0.3) is 5.69 Å². The number of hydrazone groups is 1. The van der Waals surface area contributed by atoms with Gasteiger partial charge in [-0.25, -0.2) is 0 Å². The number of rotatable bonds is 8. The van der Waals surface area contributed by atoms with E-state index < -0.39 is 4.92 Å². The van der Waals surface area contributed by atoms with Gasteiger partial charge < -0.3 is 14.8 Å². The Bertz CT molecular complexity index is 875. The van der Waals surface area contributed by atoms with Crippen molar-refractivity contribution in [2.75, 3.05) is 13.7 Å². The molecule has 8 nitrogen and oxygen atoms in total. The van der Waals surface area contributed by atoms with E-state index in [0.29, 0.717) is 23.2 Å². The van der Waals surface area contributed by atoms with Gasteiger partial charge in [0.2, 0.25) is 0 Å². The van der Waals surface area contributed by atoms with E-state index in [1.54, 1.807) is 31.5 Å². The van der Waals surface area contributed by atoms with Crippen LogP contribution in [0.15, 0.2) is 41.5 Å². The molecule has 0 saturated heterocycles. The van der Waals surface area contributed by atoms with Crippen LogP contribution < -0.4 is 20.2 Å². The lowest BCUT2D eigenvalue weighted by molar-refractivity contribution is -0.384. The topological polar surface area (TPSA) is 98.0 Å². The van der Waals surface area contributed by atoms with Crippen molar-refractivity contribution < 1.29 is 14.4 Å². The van der Waals surface area contributed by atoms with Crippen molar-refractivity contribution in [2.45, 2.75) is 13.5 Å². The molecule has 2 N–H and O–H groups in total. The zero-order valence-electron chi connectivity index (χ0n) is 15.3. The molecule has 0 saturated carbocycles. The third-order valence-electron chi connectivity index (χ3n) is 3.50. The predicted molar refractivity (Wildman–Crippen MR) is 120 cm³/mol. The number of non-ortho nitro benzene ring substituents is 1. The number of nitro benzene ring substituents is 1. The third kappa shape index (κ3) is 6.30. The van der Waals surface area contributed by atoms with Gasteiger partial charge >= 0.3 is 0 Å². The van der Waals surface area contributed by atoms with Gasteiger partial charge in [-0.05, 0) is 77.1 Å². The van der Waals surface area contributed by atoms with Gasteiger partial charge in [0, 0.05) is 18.7 Å². The summed E-state index contributed by atoms with van der Waals surface area (Å²) in [5, 5.41) is 18.2. The Labute approximate surface area is 181 Å². The summed E-state index contributed by atoms with van der Waals surface area (Å²) < 4.78 is 12.2. The molecule has 0 bridgehead atoms. The second-order valence-corrected chi connectivity index (χ2v) is 7.05. The van der Waals surface area contributed by atoms with E-state index in [9.17, 15) is 10.1 Å². The molecule has 0 amide bonds. The van der Waals surface area contributed by atoms with E-state index in [0.717, 1.165) is 14.7 Å². The van der Waals surface area contributed by atoms with E-state index in [1.807, 2.05) is 13.0 Å². The molecule has 10 heteroatoms. The van der Waals surface area contributed by atoms with Gasteiger partial charge in [-0.3, -0.25) is 15.5 Å². The first-order valence-electron chi connectivity index (χ1n) is 8.25. The van der Waals surface area contributed by atoms with E-state index in [4.69, 9.17) is 21.7 Å². The van der Waals surface area contributed by atoms with Crippen molar-refractivity contribution in [2.24, 2.45) is 5.10 Å². The van der Waals surface area contributed by atoms with E-state index in [2.05, 4.69) is 38.4 Å². The lowest BCUT2D eigenvalue weighted by atomic mass is 10.2. The molecule has 148 valence electrons. The number of halogens is 1. The van der Waals surface area contributed by atoms with Crippen LogP contribution in [0.4, 0.5) is 5.69 Å². The number of thiocarbonyl (C=S) groups is 1. The van der Waals surface area contributed by atoms with E-state index in [1.165, 1.54) is 12.1 Å². The van der Waals surface area contributed by atoms with Crippen LogP contribution in [0, 0.1) is 13.7 Å². The lowest BCUT2D eigenvalue weighted by Crippen LogP contribution is -2.31. The number of benzene rings is 2. The van der Waals surface area contributed by atoms with Crippen LogP contribution in [0.1, 0.15) is 18.1 Å². The average molecular weight is 514 g/mol. The fourth-order valence-corrected chi connectivity index (χ4v) is 3.17. The van der Waals surface area contributed by atoms with Crippen LogP contribution in [0.25, 0.3) is 0 Å². The number of methoxy groups -OCH3 is 1. The van der Waals surface area contributed by atoms with Crippen molar-refractivity contribution in [1.82, 2.24) is 10.7 Å². The molecule has 0 radical (unpaired) electrons. The molecule has 28 heavy (non-hydrogen) atoms. The first-order valence-corrected chi connectivity index (χ1v) is 9.73. The van der Waals surface area contributed by atoms with Crippen LogP contribution in [-0.2, 0) is 6.61 Å². The molecule has 0 fully saturated rings. The summed E-state index contributed by atoms with van der Waals surface area (Å²) in [6, 6.07) is 9.93. The molecule has 2 aromatic carbocycles. The predicted octanol–water partition coefficient (Wildman–Crippen LogP) is 3.60. The van der Waals surface area contributed by atoms with Crippen LogP contribution in [0.2, 0.25) is 0 Å². The largest absolute Gasteiger partial charge is 0.493 e. The maximum Gasteiger partial charge on any atom is 0.269 e. The van der Waals surface area contributed by atoms with Crippen molar-refractivity contribution >= 4 is 51.8 Å². The summed E-state index contributed by atoms with van der Waals surface area (Å²) >= 11 is 7.20. The zero-order valence-corrected chi connectivity index (χ0v) is 18.2. The average Bonchev–Trinajstić information content (AvgIpc) is 2.67. The quantitative estimate of drug-likeness (QED) is 0.183. The molecule has 2 rings (SSSR count). The van der Waals surface area contributed by atoms with Gasteiger partial charge in [-0.1, -0.05) is 0 Å². The summed E-state index contributed by atoms with van der Waals surface area (Å²) in [4.78, 5) is 10.3. The van der Waals surface area contributed by atoms with Crippen molar-refractivity contribution in [3.05, 3.63) is 61.2 Å². The fraction of sp³-hybridized carbons (Fsp3) is 0.222. The highest BCUT2D eigenvalue weighted by molar-refractivity contribution is 14.1. The van der Waals surface area contributed by atoms with Crippen molar-refractivity contribution in [3.63, 3.8) is 0 Å². The molecule has 2 aromatic rings. The van der Waals surface area contributed by atoms with E-state index >= 15 is 0 Å². The highest BCUT2D eigenvalue weighted by Crippen LogP contribution is 2.34. The van der Waals surface area contributed by atoms with Crippen LogP contribution >= 0.6 is 34.8 Å². The highest BCUT2D eigenvalue weighted by atomic mass is 127. The maximum absolute atomic E-state index is 10.7. The second kappa shape index (κ2) is 10.8. The van der Waals surface area contributed by atoms with Crippen molar-refractivity contribution in [1.29, 1.82) is 0 Å². The molecule has 0 aliphatic carbocycles. The molecule has 0 aromatic heterocycles. The van der Waals surface area contributed by atoms with Crippen LogP contribution in [0.3, 0.4) is 0 Å². The first kappa shape index (κ1) is 21.8. The standard InChI is InChI=1S/C18H19IN4O4S/c1-3-20-18(28)22-21-10-13-8-15(19)17(16(9-13)26-2)27-11-12-4-6-14(7-5-12)23(24)25/h4-10H,3,11H2,1-2H3,(H2,20,22,28)/b21-10-. The highest BCUT2D eigenvalue weighted by Gasteiger charge is 2.12. The summed E-state index contributed by atoms with van der Waals surface area (Å²) in [7, 11) is 1.56. The Morgan fingerprint density at radius 3 is 2.68 bits per heavy atom. The third-order valence-corrected chi connectivity index (χ3v) is 4.54. The molecule has 0 atom stereocenters. The van der Waals surface area contributed by atoms with Gasteiger partial charge in [0.05, 0.1) is 21.8 Å². The van der Waals surface area contributed by atoms with Gasteiger partial charge in [0.15, 0.2) is 16.6 Å². The number of nitrogens with zero attached hydrogens (tertiary/aromatic N) is 2. The number of nitrogens with one attached hydrogen (secondary N) is 2. The normalized spacial score (nSPS) is 10.5. The Kier molecular flexibility index (Phi) is 8.39. The first-order chi connectivity index (χ1) is 13.4. The van der Waals surface area contributed by atoms with Crippen LogP contribution in [0.5, 0.6) is 11.5 Å². The monoisotopic (exact) mass is 514 g/mol. The Hall–Kier alpha value is -2.47. The zero-order chi connectivity index (χ0) is 20.5. The van der Waals surface area contributed by atoms with E-state index in [-0.39, 0.29) is 12.3 Å². The number of hydrogen-bond donors (Lipinski definition) is 2. The summed E-state index contributed by atoms with van der Waals surface area (Å²) in [6.45, 7) is 2.92. The lowest BCUT2D eigenvalue weighted by Gasteiger charge is -2.13. The molecule has 0 spiro atoms. The van der Waals surface area contributed by atoms with Gasteiger partial charge in [-0.15, -0.1) is 0 Å². The molecule has 0 heterocycles. The molecular formula is C18H19IN4O4S. The summed E-state index contributed by atoms with van der Waals surface area (Å²) in [5.41, 5.74) is 4.40. The minimum Gasteiger partial charge on any atom is -0.493 e. The fourth-order valence-electron chi connectivity index (χ4n) is 2.19. The van der Waals surface area contributed by atoms with Gasteiger partial charge in [0.1, 0.15) is 6.61 Å². The molecular weight excluding hydrogens is 495 g/mol. The maximum atomic E-state index is 10.7. The summed E-state index contributed by atoms with van der Waals surface area (Å²) in [5.74, 6) is 1.15. The smallest absolute Gasteiger partial charge is 0.269 e. The van der Waals surface area contributed by atoms with Crippen molar-refractivity contribution in [3.8, 4) is 11.5 Å². The van der Waals surface area contributed by atoms with Gasteiger partial charge in [-0.2, -0.15) is 5.10 Å². The Balaban J connectivity index is 2.09. The minimum atomic E-state index is -0.434. The minimum absolute atomic E-state index is 0.0433. The molecule has 0 aliphatic rings. The number of ether oxygens (including phenoxy) is 2. The summed E-state index contributed by atoms with van der Waals surface area (Å²) in [6.07, 6.45) is 1.63. The Morgan fingerprint density at radius 2 is 2.07 bits per heavy atom. The Morgan fingerprint density at radius 1 is 1.36 bits per heavy atom. The second-order valence-electron chi connectivity index (χ2n) is 5.48.